The van der Waals surface area contributed by atoms with E-state index in [1.54, 1.807) is 12.0 Å². The van der Waals surface area contributed by atoms with Crippen LogP contribution in [0.4, 0.5) is 10.5 Å². The Morgan fingerprint density at radius 3 is 2.87 bits per heavy atom. The highest BCUT2D eigenvalue weighted by atomic mass is 16.5. The van der Waals surface area contributed by atoms with Crippen molar-refractivity contribution in [2.45, 2.75) is 32.7 Å². The van der Waals surface area contributed by atoms with Crippen LogP contribution in [-0.4, -0.2) is 56.3 Å². The molecule has 1 aliphatic carbocycles. The van der Waals surface area contributed by atoms with Crippen molar-refractivity contribution in [3.8, 4) is 5.75 Å². The Labute approximate surface area is 184 Å². The third-order valence-electron chi connectivity index (χ3n) is 5.61. The van der Waals surface area contributed by atoms with Crippen molar-refractivity contribution in [3.05, 3.63) is 48.1 Å². The lowest BCUT2D eigenvalue weighted by molar-refractivity contribution is -0.137. The molecule has 0 radical (unpaired) electrons. The predicted molar refractivity (Wildman–Crippen MR) is 121 cm³/mol. The fourth-order valence-corrected chi connectivity index (χ4v) is 3.87. The van der Waals surface area contributed by atoms with Crippen molar-refractivity contribution >= 4 is 17.7 Å². The summed E-state index contributed by atoms with van der Waals surface area (Å²) in [5.41, 5.74) is 1.93. The number of rotatable bonds is 8. The maximum atomic E-state index is 12.9. The third kappa shape index (κ3) is 6.77. The summed E-state index contributed by atoms with van der Waals surface area (Å²) in [7, 11) is 1.63. The molecule has 0 saturated carbocycles. The molecule has 3 rings (SSSR count). The molecular formula is C24H33N3O4. The molecule has 2 amide bonds. The number of hydrogen-bond donors (Lipinski definition) is 2. The lowest BCUT2D eigenvalue weighted by Crippen LogP contribution is -2.55. The molecule has 7 heteroatoms. The average Bonchev–Trinajstić information content (AvgIpc) is 2.76. The number of nitrogens with zero attached hydrogens (tertiary/aromatic N) is 1. The number of carbonyl (C=O) groups excluding carboxylic acids is 2. The number of piperidine rings is 1. The quantitative estimate of drug-likeness (QED) is 0.663. The smallest absolute Gasteiger partial charge is 0.408 e. The Morgan fingerprint density at radius 2 is 2.13 bits per heavy atom. The second-order valence-corrected chi connectivity index (χ2v) is 8.41. The molecular weight excluding hydrogens is 394 g/mol. The number of anilines is 1. The van der Waals surface area contributed by atoms with Gasteiger partial charge in [-0.15, -0.1) is 0 Å². The molecule has 3 atom stereocenters. The van der Waals surface area contributed by atoms with Crippen LogP contribution < -0.4 is 15.4 Å². The number of ether oxygens (including phenoxy) is 2. The van der Waals surface area contributed by atoms with E-state index in [4.69, 9.17) is 9.47 Å². The van der Waals surface area contributed by atoms with Gasteiger partial charge in [0.05, 0.1) is 7.11 Å². The number of methoxy groups -OCH3 is 1. The van der Waals surface area contributed by atoms with Crippen molar-refractivity contribution in [2.75, 3.05) is 38.7 Å². The number of hydrogen-bond acceptors (Lipinski definition) is 5. The van der Waals surface area contributed by atoms with Gasteiger partial charge in [0, 0.05) is 31.4 Å². The Bertz CT molecular complexity index is 836. The van der Waals surface area contributed by atoms with Gasteiger partial charge in [-0.25, -0.2) is 4.79 Å². The van der Waals surface area contributed by atoms with E-state index in [1.165, 1.54) is 0 Å². The molecule has 2 N–H and O–H groups in total. The predicted octanol–water partition coefficient (Wildman–Crippen LogP) is 3.59. The summed E-state index contributed by atoms with van der Waals surface area (Å²) in [6, 6.07) is 7.13. The number of nitrogens with one attached hydrogen (secondary N) is 2. The van der Waals surface area contributed by atoms with Crippen LogP contribution in [0.1, 0.15) is 26.7 Å². The van der Waals surface area contributed by atoms with Crippen LogP contribution in [0, 0.1) is 11.8 Å². The van der Waals surface area contributed by atoms with Gasteiger partial charge in [0.2, 0.25) is 5.91 Å². The van der Waals surface area contributed by atoms with E-state index in [-0.39, 0.29) is 12.5 Å². The van der Waals surface area contributed by atoms with E-state index in [0.29, 0.717) is 37.9 Å². The summed E-state index contributed by atoms with van der Waals surface area (Å²) in [6.45, 7) is 6.31. The number of alkyl carbamates (subject to hydrolysis) is 1. The molecule has 2 aliphatic rings. The summed E-state index contributed by atoms with van der Waals surface area (Å²) < 4.78 is 10.6. The summed E-state index contributed by atoms with van der Waals surface area (Å²) in [6.07, 6.45) is 7.22. The lowest BCUT2D eigenvalue weighted by Gasteiger charge is -2.36. The normalized spacial score (nSPS) is 23.2. The molecule has 31 heavy (non-hydrogen) atoms. The van der Waals surface area contributed by atoms with E-state index >= 15 is 0 Å². The van der Waals surface area contributed by atoms with Crippen LogP contribution in [0.25, 0.3) is 0 Å². The standard InChI is InChI=1S/C24H33N3O4/c1-17-7-9-19(10-8-17)16-31-24(29)26-22-13-18(2)15-27(23(22)28)12-11-25-20-5-4-6-21(14-20)30-3/h4-7,9-10,14,17-18,22,25H,8,11-13,15-16H2,1-3H3,(H,26,29)/t17?,18?,22-/m0/s1. The zero-order valence-corrected chi connectivity index (χ0v) is 18.6. The second kappa shape index (κ2) is 10.9. The van der Waals surface area contributed by atoms with Gasteiger partial charge < -0.3 is 25.0 Å². The number of allylic oxidation sites excluding steroid dienone is 2. The van der Waals surface area contributed by atoms with Gasteiger partial charge in [-0.2, -0.15) is 0 Å². The van der Waals surface area contributed by atoms with Crippen LogP contribution in [0.5, 0.6) is 5.75 Å². The Kier molecular flexibility index (Phi) is 7.98. The summed E-state index contributed by atoms with van der Waals surface area (Å²) >= 11 is 0. The number of amides is 2. The van der Waals surface area contributed by atoms with Gasteiger partial charge in [-0.3, -0.25) is 4.79 Å². The molecule has 0 bridgehead atoms. The Morgan fingerprint density at radius 1 is 1.29 bits per heavy atom. The highest BCUT2D eigenvalue weighted by molar-refractivity contribution is 5.86. The Hall–Kier alpha value is -2.96. The summed E-state index contributed by atoms with van der Waals surface area (Å²) in [5, 5.41) is 6.08. The van der Waals surface area contributed by atoms with E-state index in [0.717, 1.165) is 23.4 Å². The number of likely N-dealkylation sites (tertiary alicyclic amines) is 1. The molecule has 1 aliphatic heterocycles. The fraction of sp³-hybridized carbons (Fsp3) is 0.500. The second-order valence-electron chi connectivity index (χ2n) is 8.41. The minimum Gasteiger partial charge on any atom is -0.497 e. The molecule has 1 saturated heterocycles. The largest absolute Gasteiger partial charge is 0.497 e. The molecule has 1 heterocycles. The summed E-state index contributed by atoms with van der Waals surface area (Å²) in [5.74, 6) is 1.53. The molecule has 1 fully saturated rings. The SMILES string of the molecule is COc1cccc(NCCN2CC(C)C[C@H](NC(=O)OCC3=CCC(C)C=C3)C2=O)c1. The number of benzene rings is 1. The molecule has 0 spiro atoms. The zero-order chi connectivity index (χ0) is 22.2. The first-order valence-electron chi connectivity index (χ1n) is 10.9. The van der Waals surface area contributed by atoms with Gasteiger partial charge in [0.25, 0.3) is 0 Å². The van der Waals surface area contributed by atoms with Crippen LogP contribution in [0.15, 0.2) is 48.1 Å². The maximum absolute atomic E-state index is 12.9. The van der Waals surface area contributed by atoms with Crippen molar-refractivity contribution in [2.24, 2.45) is 11.8 Å². The van der Waals surface area contributed by atoms with Gasteiger partial charge in [-0.1, -0.05) is 38.1 Å². The van der Waals surface area contributed by atoms with Crippen molar-refractivity contribution in [1.29, 1.82) is 0 Å². The van der Waals surface area contributed by atoms with Gasteiger partial charge in [-0.05, 0) is 42.4 Å². The van der Waals surface area contributed by atoms with Crippen molar-refractivity contribution < 1.29 is 19.1 Å². The van der Waals surface area contributed by atoms with E-state index < -0.39 is 12.1 Å². The summed E-state index contributed by atoms with van der Waals surface area (Å²) in [4.78, 5) is 26.9. The first-order valence-corrected chi connectivity index (χ1v) is 10.9. The monoisotopic (exact) mass is 427 g/mol. The van der Waals surface area contributed by atoms with Crippen LogP contribution in [0.3, 0.4) is 0 Å². The van der Waals surface area contributed by atoms with Gasteiger partial charge in [0.1, 0.15) is 18.4 Å². The minimum absolute atomic E-state index is 0.0619. The van der Waals surface area contributed by atoms with Crippen LogP contribution in [0.2, 0.25) is 0 Å². The maximum Gasteiger partial charge on any atom is 0.408 e. The topological polar surface area (TPSA) is 79.9 Å². The van der Waals surface area contributed by atoms with Gasteiger partial charge >= 0.3 is 6.09 Å². The van der Waals surface area contributed by atoms with Crippen LogP contribution >= 0.6 is 0 Å². The molecule has 1 aromatic rings. The minimum atomic E-state index is -0.552. The highest BCUT2D eigenvalue weighted by Gasteiger charge is 2.33. The number of carbonyl (C=O) groups is 2. The molecule has 168 valence electrons. The van der Waals surface area contributed by atoms with Crippen molar-refractivity contribution in [3.63, 3.8) is 0 Å². The lowest BCUT2D eigenvalue weighted by atomic mass is 9.95. The van der Waals surface area contributed by atoms with Crippen LogP contribution in [-0.2, 0) is 9.53 Å². The first-order chi connectivity index (χ1) is 14.9. The average molecular weight is 428 g/mol. The van der Waals surface area contributed by atoms with E-state index in [1.807, 2.05) is 30.3 Å². The van der Waals surface area contributed by atoms with Crippen molar-refractivity contribution in [1.82, 2.24) is 10.2 Å². The van der Waals surface area contributed by atoms with E-state index in [9.17, 15) is 9.59 Å². The third-order valence-corrected chi connectivity index (χ3v) is 5.61. The first kappa shape index (κ1) is 22.7. The Balaban J connectivity index is 1.46. The fourth-order valence-electron chi connectivity index (χ4n) is 3.87. The molecule has 2 unspecified atom stereocenters. The molecule has 7 nitrogen and oxygen atoms in total. The molecule has 0 aromatic heterocycles. The highest BCUT2D eigenvalue weighted by Crippen LogP contribution is 2.20. The van der Waals surface area contributed by atoms with Gasteiger partial charge in [0.15, 0.2) is 0 Å². The zero-order valence-electron chi connectivity index (χ0n) is 18.6. The van der Waals surface area contributed by atoms with E-state index in [2.05, 4.69) is 36.6 Å². The molecule has 1 aromatic carbocycles.